The van der Waals surface area contributed by atoms with E-state index in [0.29, 0.717) is 0 Å². The van der Waals surface area contributed by atoms with Gasteiger partial charge in [0, 0.05) is 5.02 Å². The van der Waals surface area contributed by atoms with Crippen LogP contribution in [0.4, 0.5) is 0 Å². The van der Waals surface area contributed by atoms with Crippen LogP contribution in [0, 0.1) is 17.8 Å². The van der Waals surface area contributed by atoms with Crippen molar-refractivity contribution in [2.75, 3.05) is 0 Å². The predicted octanol–water partition coefficient (Wildman–Crippen LogP) is 4.32. The van der Waals surface area contributed by atoms with Crippen molar-refractivity contribution in [3.05, 3.63) is 34.9 Å². The fourth-order valence-corrected chi connectivity index (χ4v) is 3.68. The highest BCUT2D eigenvalue weighted by molar-refractivity contribution is 6.30. The van der Waals surface area contributed by atoms with Gasteiger partial charge < -0.3 is 0 Å². The van der Waals surface area contributed by atoms with Crippen LogP contribution in [0.2, 0.25) is 5.02 Å². The second-order valence-corrected chi connectivity index (χ2v) is 5.70. The molecule has 2 bridgehead atoms. The van der Waals surface area contributed by atoms with E-state index < -0.39 is 0 Å². The molecule has 2 aliphatic rings. The summed E-state index contributed by atoms with van der Waals surface area (Å²) in [7, 11) is 0. The van der Waals surface area contributed by atoms with Gasteiger partial charge in [0.05, 0.1) is 0 Å². The number of hydrogen-bond donors (Lipinski definition) is 0. The van der Waals surface area contributed by atoms with Crippen molar-refractivity contribution in [2.24, 2.45) is 17.8 Å². The molecule has 0 spiro atoms. The van der Waals surface area contributed by atoms with E-state index in [0.717, 1.165) is 22.8 Å². The van der Waals surface area contributed by atoms with E-state index in [4.69, 9.17) is 11.6 Å². The zero-order valence-corrected chi connectivity index (χ0v) is 9.71. The Morgan fingerprint density at radius 1 is 1.07 bits per heavy atom. The molecule has 0 N–H and O–H groups in total. The maximum atomic E-state index is 5.89. The molecule has 0 aromatic heterocycles. The van der Waals surface area contributed by atoms with Gasteiger partial charge in [0.2, 0.25) is 0 Å². The monoisotopic (exact) mass is 220 g/mol. The van der Waals surface area contributed by atoms with Crippen molar-refractivity contribution in [3.8, 4) is 0 Å². The SMILES string of the molecule is Clc1ccc(CC2CC3CCC2C3)cc1. The molecule has 3 unspecified atom stereocenters. The Bertz CT molecular complexity index is 341. The fraction of sp³-hybridized carbons (Fsp3) is 0.571. The Balaban J connectivity index is 1.68. The highest BCUT2D eigenvalue weighted by Crippen LogP contribution is 2.49. The van der Waals surface area contributed by atoms with E-state index in [1.807, 2.05) is 12.1 Å². The molecule has 80 valence electrons. The van der Waals surface area contributed by atoms with Crippen molar-refractivity contribution in [1.82, 2.24) is 0 Å². The molecule has 0 aliphatic heterocycles. The minimum absolute atomic E-state index is 0.853. The van der Waals surface area contributed by atoms with Crippen molar-refractivity contribution < 1.29 is 0 Å². The van der Waals surface area contributed by atoms with Gasteiger partial charge in [-0.1, -0.05) is 30.2 Å². The average Bonchev–Trinajstić information content (AvgIpc) is 2.83. The number of fused-ring (bicyclic) bond motifs is 2. The Labute approximate surface area is 96.6 Å². The van der Waals surface area contributed by atoms with E-state index in [2.05, 4.69) is 12.1 Å². The molecule has 3 rings (SSSR count). The van der Waals surface area contributed by atoms with Gasteiger partial charge in [-0.25, -0.2) is 0 Å². The van der Waals surface area contributed by atoms with Crippen LogP contribution in [0.1, 0.15) is 31.2 Å². The molecule has 0 heterocycles. The van der Waals surface area contributed by atoms with Crippen molar-refractivity contribution >= 4 is 11.6 Å². The lowest BCUT2D eigenvalue weighted by atomic mass is 9.84. The maximum Gasteiger partial charge on any atom is 0.0406 e. The Morgan fingerprint density at radius 3 is 2.47 bits per heavy atom. The van der Waals surface area contributed by atoms with Gasteiger partial charge in [-0.2, -0.15) is 0 Å². The van der Waals surface area contributed by atoms with Gasteiger partial charge in [-0.05, 0) is 61.1 Å². The van der Waals surface area contributed by atoms with Crippen LogP contribution < -0.4 is 0 Å². The Morgan fingerprint density at radius 2 is 1.87 bits per heavy atom. The predicted molar refractivity (Wildman–Crippen MR) is 64.1 cm³/mol. The normalized spacial score (nSPS) is 33.5. The van der Waals surface area contributed by atoms with Crippen molar-refractivity contribution in [1.29, 1.82) is 0 Å². The molecular weight excluding hydrogens is 204 g/mol. The lowest BCUT2D eigenvalue weighted by Gasteiger charge is -2.21. The third-order valence-electron chi connectivity index (χ3n) is 4.30. The van der Waals surface area contributed by atoms with Crippen LogP contribution in [0.25, 0.3) is 0 Å². The summed E-state index contributed by atoms with van der Waals surface area (Å²) in [5, 5.41) is 0.853. The third kappa shape index (κ3) is 1.92. The standard InChI is InChI=1S/C14H17Cl/c15-14-5-2-10(3-6-14)7-13-9-11-1-4-12(13)8-11/h2-3,5-6,11-13H,1,4,7-9H2. The minimum atomic E-state index is 0.853. The third-order valence-corrected chi connectivity index (χ3v) is 4.55. The van der Waals surface area contributed by atoms with Crippen LogP contribution in [0.3, 0.4) is 0 Å². The maximum absolute atomic E-state index is 5.89. The molecular formula is C14H17Cl. The molecule has 1 aromatic carbocycles. The number of halogens is 1. The first-order valence-corrected chi connectivity index (χ1v) is 6.43. The summed E-state index contributed by atoms with van der Waals surface area (Å²) in [6.07, 6.45) is 7.26. The van der Waals surface area contributed by atoms with Crippen LogP contribution in [0.15, 0.2) is 24.3 Å². The van der Waals surface area contributed by atoms with E-state index in [1.165, 1.54) is 37.7 Å². The first-order chi connectivity index (χ1) is 7.31. The van der Waals surface area contributed by atoms with Gasteiger partial charge in [-0.3, -0.25) is 0 Å². The quantitative estimate of drug-likeness (QED) is 0.697. The highest BCUT2D eigenvalue weighted by Gasteiger charge is 2.38. The summed E-state index contributed by atoms with van der Waals surface area (Å²) < 4.78 is 0. The second-order valence-electron chi connectivity index (χ2n) is 5.27. The summed E-state index contributed by atoms with van der Waals surface area (Å²) in [6, 6.07) is 8.41. The van der Waals surface area contributed by atoms with Crippen LogP contribution in [0.5, 0.6) is 0 Å². The van der Waals surface area contributed by atoms with Crippen LogP contribution >= 0.6 is 11.6 Å². The Hall–Kier alpha value is -0.490. The fourth-order valence-electron chi connectivity index (χ4n) is 3.55. The average molecular weight is 221 g/mol. The second kappa shape index (κ2) is 3.83. The first-order valence-electron chi connectivity index (χ1n) is 6.05. The molecule has 15 heavy (non-hydrogen) atoms. The smallest absolute Gasteiger partial charge is 0.0406 e. The zero-order valence-electron chi connectivity index (χ0n) is 8.95. The molecule has 0 nitrogen and oxygen atoms in total. The van der Waals surface area contributed by atoms with E-state index in [-0.39, 0.29) is 0 Å². The van der Waals surface area contributed by atoms with Gasteiger partial charge in [-0.15, -0.1) is 0 Å². The number of benzene rings is 1. The zero-order chi connectivity index (χ0) is 10.3. The lowest BCUT2D eigenvalue weighted by molar-refractivity contribution is 0.331. The topological polar surface area (TPSA) is 0 Å². The molecule has 2 aliphatic carbocycles. The minimum Gasteiger partial charge on any atom is -0.0843 e. The first kappa shape index (κ1) is 9.72. The molecule has 2 fully saturated rings. The van der Waals surface area contributed by atoms with E-state index in [9.17, 15) is 0 Å². The molecule has 0 radical (unpaired) electrons. The molecule has 3 atom stereocenters. The summed E-state index contributed by atoms with van der Waals surface area (Å²) in [6.45, 7) is 0. The van der Waals surface area contributed by atoms with Gasteiger partial charge >= 0.3 is 0 Å². The molecule has 2 saturated carbocycles. The molecule has 0 saturated heterocycles. The van der Waals surface area contributed by atoms with Gasteiger partial charge in [0.25, 0.3) is 0 Å². The van der Waals surface area contributed by atoms with Crippen molar-refractivity contribution in [3.63, 3.8) is 0 Å². The summed E-state index contributed by atoms with van der Waals surface area (Å²) in [5.41, 5.74) is 1.47. The molecule has 0 amide bonds. The Kier molecular flexibility index (Phi) is 2.48. The van der Waals surface area contributed by atoms with Crippen LogP contribution in [-0.4, -0.2) is 0 Å². The van der Waals surface area contributed by atoms with Gasteiger partial charge in [0.1, 0.15) is 0 Å². The highest BCUT2D eigenvalue weighted by atomic mass is 35.5. The summed E-state index contributed by atoms with van der Waals surface area (Å²) in [4.78, 5) is 0. The summed E-state index contributed by atoms with van der Waals surface area (Å²) in [5.74, 6) is 3.06. The lowest BCUT2D eigenvalue weighted by Crippen LogP contribution is -2.12. The van der Waals surface area contributed by atoms with Gasteiger partial charge in [0.15, 0.2) is 0 Å². The molecule has 1 heteroatoms. The van der Waals surface area contributed by atoms with Crippen LogP contribution in [-0.2, 0) is 6.42 Å². The van der Waals surface area contributed by atoms with Crippen molar-refractivity contribution in [2.45, 2.75) is 32.1 Å². The van der Waals surface area contributed by atoms with E-state index >= 15 is 0 Å². The summed E-state index contributed by atoms with van der Waals surface area (Å²) >= 11 is 5.89. The number of hydrogen-bond acceptors (Lipinski definition) is 0. The molecule has 1 aromatic rings. The number of rotatable bonds is 2. The largest absolute Gasteiger partial charge is 0.0843 e. The van der Waals surface area contributed by atoms with E-state index in [1.54, 1.807) is 0 Å².